The third-order valence-electron chi connectivity index (χ3n) is 5.39. The van der Waals surface area contributed by atoms with Crippen molar-refractivity contribution in [2.45, 2.75) is 51.5 Å². The summed E-state index contributed by atoms with van der Waals surface area (Å²) in [4.78, 5) is 12.8. The van der Waals surface area contributed by atoms with Gasteiger partial charge in [-0.2, -0.15) is 0 Å². The van der Waals surface area contributed by atoms with Gasteiger partial charge in [-0.1, -0.05) is 42.5 Å². The molecular formula is C23H29NO2. The number of carbonyl (C=O) groups is 1. The molecule has 3 nitrogen and oxygen atoms in total. The molecule has 1 fully saturated rings. The fourth-order valence-electron chi connectivity index (χ4n) is 3.97. The van der Waals surface area contributed by atoms with E-state index < -0.39 is 5.54 Å². The lowest BCUT2D eigenvalue weighted by molar-refractivity contribution is -0.150. The maximum Gasteiger partial charge on any atom is 0.331 e. The quantitative estimate of drug-likeness (QED) is 0.732. The van der Waals surface area contributed by atoms with Gasteiger partial charge in [0, 0.05) is 5.69 Å². The van der Waals surface area contributed by atoms with E-state index in [1.807, 2.05) is 19.1 Å². The van der Waals surface area contributed by atoms with Gasteiger partial charge in [-0.05, 0) is 75.1 Å². The molecule has 1 saturated carbocycles. The van der Waals surface area contributed by atoms with Crippen LogP contribution >= 0.6 is 0 Å². The summed E-state index contributed by atoms with van der Waals surface area (Å²) in [5, 5.41) is 3.53. The van der Waals surface area contributed by atoms with Gasteiger partial charge < -0.3 is 10.1 Å². The minimum atomic E-state index is -0.600. The molecule has 0 atom stereocenters. The standard InChI is InChI=1S/C23H29NO2/c1-3-26-22(25)23(24-21-11-7-8-18(2)16-21)14-12-20(13-15-23)17-19-9-5-4-6-10-19/h4-11,16,20,24H,3,12-15,17H2,1-2H3. The van der Waals surface area contributed by atoms with E-state index in [1.165, 1.54) is 11.1 Å². The number of hydrogen-bond acceptors (Lipinski definition) is 3. The summed E-state index contributed by atoms with van der Waals surface area (Å²) >= 11 is 0. The molecule has 0 saturated heterocycles. The highest BCUT2D eigenvalue weighted by molar-refractivity contribution is 5.84. The Bertz CT molecular complexity index is 718. The summed E-state index contributed by atoms with van der Waals surface area (Å²) in [6, 6.07) is 18.9. The van der Waals surface area contributed by atoms with Crippen molar-refractivity contribution in [3.8, 4) is 0 Å². The Morgan fingerprint density at radius 3 is 2.50 bits per heavy atom. The van der Waals surface area contributed by atoms with Crippen LogP contribution in [0.5, 0.6) is 0 Å². The van der Waals surface area contributed by atoms with E-state index in [9.17, 15) is 4.79 Å². The highest BCUT2D eigenvalue weighted by Gasteiger charge is 2.43. The summed E-state index contributed by atoms with van der Waals surface area (Å²) in [5.74, 6) is 0.513. The van der Waals surface area contributed by atoms with Crippen molar-refractivity contribution in [3.63, 3.8) is 0 Å². The van der Waals surface area contributed by atoms with Gasteiger partial charge >= 0.3 is 5.97 Å². The topological polar surface area (TPSA) is 38.3 Å². The Kier molecular flexibility index (Phi) is 5.97. The zero-order valence-electron chi connectivity index (χ0n) is 15.8. The Balaban J connectivity index is 1.71. The maximum absolute atomic E-state index is 12.8. The average molecular weight is 351 g/mol. The first-order valence-corrected chi connectivity index (χ1v) is 9.67. The molecule has 0 aromatic heterocycles. The van der Waals surface area contributed by atoms with Crippen molar-refractivity contribution in [3.05, 3.63) is 65.7 Å². The molecule has 0 bridgehead atoms. The SMILES string of the molecule is CCOC(=O)C1(Nc2cccc(C)c2)CCC(Cc2ccccc2)CC1. The highest BCUT2D eigenvalue weighted by atomic mass is 16.5. The number of anilines is 1. The molecular weight excluding hydrogens is 322 g/mol. The van der Waals surface area contributed by atoms with E-state index in [-0.39, 0.29) is 5.97 Å². The molecule has 2 aromatic carbocycles. The minimum absolute atomic E-state index is 0.111. The zero-order chi connectivity index (χ0) is 18.4. The van der Waals surface area contributed by atoms with E-state index in [1.54, 1.807) is 0 Å². The summed E-state index contributed by atoms with van der Waals surface area (Å²) in [6.45, 7) is 4.36. The molecule has 3 heteroatoms. The lowest BCUT2D eigenvalue weighted by Gasteiger charge is -2.39. The second-order valence-corrected chi connectivity index (χ2v) is 7.43. The predicted molar refractivity (Wildman–Crippen MR) is 106 cm³/mol. The molecule has 0 aliphatic heterocycles. The van der Waals surface area contributed by atoms with Crippen LogP contribution in [0.2, 0.25) is 0 Å². The summed E-state index contributed by atoms with van der Waals surface area (Å²) in [7, 11) is 0. The van der Waals surface area contributed by atoms with Crippen LogP contribution in [0, 0.1) is 12.8 Å². The maximum atomic E-state index is 12.8. The van der Waals surface area contributed by atoms with Gasteiger partial charge in [-0.15, -0.1) is 0 Å². The van der Waals surface area contributed by atoms with Crippen LogP contribution in [0.25, 0.3) is 0 Å². The number of aryl methyl sites for hydroxylation is 1. The van der Waals surface area contributed by atoms with Gasteiger partial charge in [0.2, 0.25) is 0 Å². The van der Waals surface area contributed by atoms with E-state index >= 15 is 0 Å². The van der Waals surface area contributed by atoms with E-state index in [0.29, 0.717) is 12.5 Å². The zero-order valence-corrected chi connectivity index (χ0v) is 15.8. The van der Waals surface area contributed by atoms with Gasteiger partial charge in [-0.3, -0.25) is 0 Å². The van der Waals surface area contributed by atoms with Gasteiger partial charge in [0.25, 0.3) is 0 Å². The van der Waals surface area contributed by atoms with Crippen LogP contribution < -0.4 is 5.32 Å². The van der Waals surface area contributed by atoms with Crippen LogP contribution in [-0.2, 0) is 16.0 Å². The molecule has 3 rings (SSSR count). The van der Waals surface area contributed by atoms with Gasteiger partial charge in [0.15, 0.2) is 0 Å². The summed E-state index contributed by atoms with van der Waals surface area (Å²) in [5.41, 5.74) is 2.97. The number of ether oxygens (including phenoxy) is 1. The van der Waals surface area contributed by atoms with Gasteiger partial charge in [-0.25, -0.2) is 4.79 Å². The molecule has 2 aromatic rings. The molecule has 0 spiro atoms. The number of carbonyl (C=O) groups excluding carboxylic acids is 1. The largest absolute Gasteiger partial charge is 0.464 e. The van der Waals surface area contributed by atoms with Gasteiger partial charge in [0.1, 0.15) is 5.54 Å². The van der Waals surface area contributed by atoms with Crippen molar-refractivity contribution in [1.29, 1.82) is 0 Å². The third kappa shape index (κ3) is 4.46. The fraction of sp³-hybridized carbons (Fsp3) is 0.435. The van der Waals surface area contributed by atoms with Crippen LogP contribution in [0.15, 0.2) is 54.6 Å². The molecule has 0 heterocycles. The predicted octanol–water partition coefficient (Wildman–Crippen LogP) is 5.14. The minimum Gasteiger partial charge on any atom is -0.464 e. The lowest BCUT2D eigenvalue weighted by Crippen LogP contribution is -2.50. The van der Waals surface area contributed by atoms with Gasteiger partial charge in [0.05, 0.1) is 6.61 Å². The number of nitrogens with one attached hydrogen (secondary N) is 1. The molecule has 138 valence electrons. The first kappa shape index (κ1) is 18.5. The molecule has 1 aliphatic rings. The number of esters is 1. The van der Waals surface area contributed by atoms with Crippen LogP contribution in [0.3, 0.4) is 0 Å². The fourth-order valence-corrected chi connectivity index (χ4v) is 3.97. The second kappa shape index (κ2) is 8.39. The molecule has 0 amide bonds. The Morgan fingerprint density at radius 1 is 1.12 bits per heavy atom. The summed E-state index contributed by atoms with van der Waals surface area (Å²) in [6.07, 6.45) is 4.79. The second-order valence-electron chi connectivity index (χ2n) is 7.43. The van der Waals surface area contributed by atoms with Crippen molar-refractivity contribution < 1.29 is 9.53 Å². The average Bonchev–Trinajstić information content (AvgIpc) is 2.64. The van der Waals surface area contributed by atoms with E-state index in [0.717, 1.165) is 37.8 Å². The molecule has 0 radical (unpaired) electrons. The Morgan fingerprint density at radius 2 is 1.85 bits per heavy atom. The number of hydrogen-bond donors (Lipinski definition) is 1. The molecule has 26 heavy (non-hydrogen) atoms. The van der Waals surface area contributed by atoms with Crippen molar-refractivity contribution in [2.75, 3.05) is 11.9 Å². The van der Waals surface area contributed by atoms with Crippen LogP contribution in [-0.4, -0.2) is 18.1 Å². The summed E-state index contributed by atoms with van der Waals surface area (Å²) < 4.78 is 5.44. The van der Waals surface area contributed by atoms with E-state index in [4.69, 9.17) is 4.74 Å². The van der Waals surface area contributed by atoms with Crippen molar-refractivity contribution in [1.82, 2.24) is 0 Å². The first-order valence-electron chi connectivity index (χ1n) is 9.67. The van der Waals surface area contributed by atoms with Crippen LogP contribution in [0.1, 0.15) is 43.7 Å². The molecule has 1 aliphatic carbocycles. The first-order chi connectivity index (χ1) is 12.6. The third-order valence-corrected chi connectivity index (χ3v) is 5.39. The molecule has 0 unspecified atom stereocenters. The monoisotopic (exact) mass is 351 g/mol. The Labute approximate surface area is 156 Å². The highest BCUT2D eigenvalue weighted by Crippen LogP contribution is 2.37. The van der Waals surface area contributed by atoms with E-state index in [2.05, 4.69) is 54.7 Å². The normalized spacial score (nSPS) is 22.6. The lowest BCUT2D eigenvalue weighted by atomic mass is 9.74. The number of benzene rings is 2. The van der Waals surface area contributed by atoms with Crippen molar-refractivity contribution in [2.24, 2.45) is 5.92 Å². The Hall–Kier alpha value is -2.29. The van der Waals surface area contributed by atoms with Crippen molar-refractivity contribution >= 4 is 11.7 Å². The molecule has 1 N–H and O–H groups in total. The number of rotatable bonds is 6. The smallest absolute Gasteiger partial charge is 0.331 e. The van der Waals surface area contributed by atoms with Crippen LogP contribution in [0.4, 0.5) is 5.69 Å².